The molecule has 0 aliphatic carbocycles. The molecule has 0 spiro atoms. The number of hydrogen-bond donors (Lipinski definition) is 6. The van der Waals surface area contributed by atoms with Crippen LogP contribution >= 0.6 is 23.2 Å². The molecule has 4 aromatic rings. The lowest BCUT2D eigenvalue weighted by Gasteiger charge is -2.27. The van der Waals surface area contributed by atoms with Crippen molar-refractivity contribution in [2.24, 2.45) is 0 Å². The van der Waals surface area contributed by atoms with Gasteiger partial charge in [0.15, 0.2) is 11.4 Å². The normalized spacial score (nSPS) is 12.0. The number of H-pyrrole nitrogens is 2. The number of aromatic nitrogens is 4. The molecule has 0 saturated heterocycles. The number of nitrogens with zero attached hydrogens (tertiary/aromatic N) is 5. The van der Waals surface area contributed by atoms with E-state index in [9.17, 15) is 19.2 Å². The number of amides is 5. The summed E-state index contributed by atoms with van der Waals surface area (Å²) >= 11 is 11.8. The minimum absolute atomic E-state index is 0. The van der Waals surface area contributed by atoms with Crippen LogP contribution in [0, 0.1) is 0 Å². The number of hydrogen-bond acceptors (Lipinski definition) is 9. The van der Waals surface area contributed by atoms with Crippen LogP contribution in [0.3, 0.4) is 0 Å². The Morgan fingerprint density at radius 1 is 0.782 bits per heavy atom. The highest BCUT2D eigenvalue weighted by Gasteiger charge is 2.30. The maximum absolute atomic E-state index is 12.5. The smallest absolute Gasteiger partial charge is 0.356 e. The van der Waals surface area contributed by atoms with Gasteiger partial charge in [0, 0.05) is 84.0 Å². The van der Waals surface area contributed by atoms with Crippen molar-refractivity contribution in [2.75, 3.05) is 52.0 Å². The number of nitrogens with one attached hydrogen (secondary N) is 5. The Bertz CT molecular complexity index is 1850. The third-order valence-corrected chi connectivity index (χ3v) is 8.23. The second-order valence-electron chi connectivity index (χ2n) is 11.0. The first-order valence-electron chi connectivity index (χ1n) is 15.5. The number of hydroxylamine groups is 3. The molecule has 0 bridgehead atoms. The van der Waals surface area contributed by atoms with Crippen LogP contribution in [0.2, 0.25) is 10.0 Å². The number of aromatic carboxylic acids is 1. The van der Waals surface area contributed by atoms with Gasteiger partial charge in [-0.1, -0.05) is 65.0 Å². The fraction of sp³-hybridized carbons (Fsp3) is 0.389. The van der Waals surface area contributed by atoms with Gasteiger partial charge >= 0.3 is 18.0 Å². The molecule has 5 amide bonds. The molecule has 2 aliphatic rings. The molecule has 2 aromatic heterocycles. The van der Waals surface area contributed by atoms with Crippen LogP contribution in [0.15, 0.2) is 48.5 Å². The Kier molecular flexibility index (Phi) is 21.3. The summed E-state index contributed by atoms with van der Waals surface area (Å²) in [7, 11) is 6.19. The SMILES string of the molecule is C.C.C.C.CNOC.CON(C)C(=O)c1n[nH]c2c1CN(C(=O)Nc1cccc(Cl)c1)CC2.O=C(O)c1n[nH]c2c1CN(C(=O)Nc1cccc(Cl)c1)CC2. The first kappa shape index (κ1) is 49.8. The van der Waals surface area contributed by atoms with Crippen molar-refractivity contribution in [1.29, 1.82) is 0 Å². The first-order valence-corrected chi connectivity index (χ1v) is 16.2. The van der Waals surface area contributed by atoms with Gasteiger partial charge in [-0.3, -0.25) is 19.8 Å². The number of anilines is 2. The Balaban J connectivity index is 0.000000910. The minimum Gasteiger partial charge on any atom is -0.476 e. The van der Waals surface area contributed by atoms with E-state index in [2.05, 4.69) is 41.3 Å². The van der Waals surface area contributed by atoms with Crippen molar-refractivity contribution in [2.45, 2.75) is 55.6 Å². The molecule has 0 unspecified atom stereocenters. The number of benzene rings is 2. The van der Waals surface area contributed by atoms with Crippen molar-refractivity contribution >= 4 is 58.5 Å². The largest absolute Gasteiger partial charge is 0.476 e. The van der Waals surface area contributed by atoms with Gasteiger partial charge in [0.05, 0.1) is 27.3 Å². The van der Waals surface area contributed by atoms with Crippen LogP contribution in [-0.4, -0.2) is 106 Å². The van der Waals surface area contributed by atoms with Crippen LogP contribution in [0.25, 0.3) is 0 Å². The molecule has 4 heterocycles. The Labute approximate surface area is 332 Å². The molecule has 304 valence electrons. The van der Waals surface area contributed by atoms with Gasteiger partial charge in [-0.25, -0.2) is 24.9 Å². The van der Waals surface area contributed by atoms with E-state index in [1.807, 2.05) is 0 Å². The van der Waals surface area contributed by atoms with E-state index in [0.717, 1.165) is 16.5 Å². The molecular weight excluding hydrogens is 755 g/mol. The standard InChI is InChI=1S/C16H18ClN5O3.C14H13ClN4O3.C2H7NO.4CH4/c1-21(25-2)15(23)14-12-9-22(7-6-13(12)19-20-14)16(24)18-11-5-3-4-10(17)8-11;15-8-2-1-3-9(6-8)16-14(22)19-5-4-11-10(7-19)12(13(20)21)18-17-11;1-3-4-2;;;;/h3-5,8H,6-7,9H2,1-2H3,(H,18,24)(H,19,20);1-3,6H,4-5,7H2,(H,16,22)(H,17,18)(H,20,21);3H,1-2H3;4*1H4. The summed E-state index contributed by atoms with van der Waals surface area (Å²) in [6, 6.07) is 13.2. The van der Waals surface area contributed by atoms with E-state index in [4.69, 9.17) is 33.1 Å². The highest BCUT2D eigenvalue weighted by Crippen LogP contribution is 2.24. The highest BCUT2D eigenvalue weighted by atomic mass is 35.5. The molecule has 0 radical (unpaired) electrons. The van der Waals surface area contributed by atoms with Gasteiger partial charge in [-0.15, -0.1) is 0 Å². The molecule has 17 nitrogen and oxygen atoms in total. The Morgan fingerprint density at radius 3 is 1.58 bits per heavy atom. The Hall–Kier alpha value is -5.20. The average Bonchev–Trinajstić information content (AvgIpc) is 3.75. The Morgan fingerprint density at radius 2 is 1.20 bits per heavy atom. The number of fused-ring (bicyclic) bond motifs is 2. The molecule has 0 fully saturated rings. The molecule has 0 atom stereocenters. The van der Waals surface area contributed by atoms with E-state index in [1.165, 1.54) is 14.2 Å². The van der Waals surface area contributed by atoms with E-state index in [-0.39, 0.29) is 72.2 Å². The van der Waals surface area contributed by atoms with Gasteiger partial charge in [0.2, 0.25) is 0 Å². The first-order chi connectivity index (χ1) is 24.4. The quantitative estimate of drug-likeness (QED) is 0.110. The minimum atomic E-state index is -1.10. The van der Waals surface area contributed by atoms with Crippen molar-refractivity contribution in [3.63, 3.8) is 0 Å². The van der Waals surface area contributed by atoms with Gasteiger partial charge in [-0.05, 0) is 36.4 Å². The molecule has 2 aromatic carbocycles. The molecule has 0 saturated carbocycles. The van der Waals surface area contributed by atoms with E-state index >= 15 is 0 Å². The predicted molar refractivity (Wildman–Crippen MR) is 215 cm³/mol. The summed E-state index contributed by atoms with van der Waals surface area (Å²) in [4.78, 5) is 60.6. The lowest BCUT2D eigenvalue weighted by Crippen LogP contribution is -2.39. The van der Waals surface area contributed by atoms with E-state index in [0.29, 0.717) is 58.5 Å². The van der Waals surface area contributed by atoms with Crippen molar-refractivity contribution in [3.8, 4) is 0 Å². The topological polar surface area (TPSA) is 210 Å². The van der Waals surface area contributed by atoms with E-state index < -0.39 is 5.97 Å². The zero-order valence-corrected chi connectivity index (χ0v) is 29.8. The van der Waals surface area contributed by atoms with Crippen LogP contribution in [0.5, 0.6) is 0 Å². The molecule has 19 heteroatoms. The number of carboxylic acids is 1. The van der Waals surface area contributed by atoms with Crippen molar-refractivity contribution < 1.29 is 34.0 Å². The number of aromatic amines is 2. The number of rotatable bonds is 6. The lowest BCUT2D eigenvalue weighted by molar-refractivity contribution is -0.0761. The van der Waals surface area contributed by atoms with Gasteiger partial charge in [-0.2, -0.15) is 10.2 Å². The van der Waals surface area contributed by atoms with Crippen LogP contribution in [0.1, 0.15) is 73.2 Å². The van der Waals surface area contributed by atoms with Gasteiger partial charge < -0.3 is 30.4 Å². The number of carbonyl (C=O) groups excluding carboxylic acids is 3. The number of halogens is 2. The summed E-state index contributed by atoms with van der Waals surface area (Å²) in [6.45, 7) is 1.51. The molecule has 2 aliphatic heterocycles. The van der Waals surface area contributed by atoms with Crippen molar-refractivity contribution in [1.82, 2.24) is 40.7 Å². The number of urea groups is 2. The second-order valence-corrected chi connectivity index (χ2v) is 11.9. The van der Waals surface area contributed by atoms with Crippen LogP contribution in [-0.2, 0) is 35.6 Å². The maximum atomic E-state index is 12.5. The molecule has 6 N–H and O–H groups in total. The maximum Gasteiger partial charge on any atom is 0.356 e. The zero-order valence-electron chi connectivity index (χ0n) is 28.3. The second kappa shape index (κ2) is 23.6. The van der Waals surface area contributed by atoms with Gasteiger partial charge in [0.1, 0.15) is 0 Å². The average molecular weight is 810 g/mol. The monoisotopic (exact) mass is 808 g/mol. The summed E-state index contributed by atoms with van der Waals surface area (Å²) in [5.41, 5.74) is 6.76. The van der Waals surface area contributed by atoms with Crippen LogP contribution < -0.4 is 16.1 Å². The number of carboxylic acid groups (broad SMARTS) is 1. The van der Waals surface area contributed by atoms with Crippen LogP contribution in [0.4, 0.5) is 21.0 Å². The molecule has 55 heavy (non-hydrogen) atoms. The summed E-state index contributed by atoms with van der Waals surface area (Å²) in [5, 5.41) is 30.3. The molecule has 6 rings (SSSR count). The van der Waals surface area contributed by atoms with Crippen molar-refractivity contribution in [3.05, 3.63) is 92.5 Å². The molecular formula is C36H54Cl2N10O7. The fourth-order valence-electron chi connectivity index (χ4n) is 5.06. The third-order valence-electron chi connectivity index (χ3n) is 7.76. The highest BCUT2D eigenvalue weighted by molar-refractivity contribution is 6.31. The third kappa shape index (κ3) is 13.3. The predicted octanol–water partition coefficient (Wildman–Crippen LogP) is 6.95. The van der Waals surface area contributed by atoms with Gasteiger partial charge in [0.25, 0.3) is 5.91 Å². The summed E-state index contributed by atoms with van der Waals surface area (Å²) in [6.07, 6.45) is 1.13. The zero-order chi connectivity index (χ0) is 37.1. The number of carbonyl (C=O) groups is 4. The lowest BCUT2D eigenvalue weighted by atomic mass is 10.1. The summed E-state index contributed by atoms with van der Waals surface area (Å²) < 4.78 is 0. The van der Waals surface area contributed by atoms with E-state index in [1.54, 1.807) is 72.5 Å². The summed E-state index contributed by atoms with van der Waals surface area (Å²) in [5.74, 6) is -1.47. The fourth-order valence-corrected chi connectivity index (χ4v) is 5.44.